The number of aryl methyl sites for hydroxylation is 2. The molecule has 0 aliphatic heterocycles. The van der Waals surface area contributed by atoms with Crippen LogP contribution in [-0.4, -0.2) is 16.1 Å². The zero-order valence-corrected chi connectivity index (χ0v) is 11.0. The molecule has 2 rings (SSSR count). The van der Waals surface area contributed by atoms with E-state index in [1.807, 2.05) is 0 Å². The van der Waals surface area contributed by atoms with Crippen molar-refractivity contribution in [3.8, 4) is 5.75 Å². The van der Waals surface area contributed by atoms with Gasteiger partial charge in [0.2, 0.25) is 0 Å². The quantitative estimate of drug-likeness (QED) is 0.943. The Morgan fingerprint density at radius 3 is 2.50 bits per heavy atom. The molecule has 1 heterocycles. The van der Waals surface area contributed by atoms with E-state index in [-0.39, 0.29) is 11.3 Å². The van der Waals surface area contributed by atoms with Gasteiger partial charge in [0.1, 0.15) is 5.75 Å². The number of rotatable bonds is 3. The van der Waals surface area contributed by atoms with Crippen LogP contribution in [0.4, 0.5) is 13.2 Å². The number of halogens is 3. The summed E-state index contributed by atoms with van der Waals surface area (Å²) in [5.74, 6) is -0.300. The molecule has 2 aromatic rings. The first kappa shape index (κ1) is 14.4. The number of hydrogen-bond acceptors (Lipinski definition) is 3. The maximum atomic E-state index is 12.4. The molecule has 0 bridgehead atoms. The second kappa shape index (κ2) is 5.16. The molecule has 4 nitrogen and oxygen atoms in total. The van der Waals surface area contributed by atoms with Crippen molar-refractivity contribution in [3.63, 3.8) is 0 Å². The fraction of sp³-hybridized carbons (Fsp3) is 0.308. The molecule has 2 N–H and O–H groups in total. The van der Waals surface area contributed by atoms with E-state index in [0.29, 0.717) is 5.69 Å². The summed E-state index contributed by atoms with van der Waals surface area (Å²) in [4.78, 5) is 0. The highest BCUT2D eigenvalue weighted by molar-refractivity contribution is 5.40. The van der Waals surface area contributed by atoms with Gasteiger partial charge in [-0.1, -0.05) is 18.2 Å². The zero-order chi connectivity index (χ0) is 14.9. The Kier molecular flexibility index (Phi) is 3.71. The Balaban J connectivity index is 2.40. The minimum Gasteiger partial charge on any atom is -0.405 e. The van der Waals surface area contributed by atoms with E-state index in [2.05, 4.69) is 9.84 Å². The molecular formula is C13H14F3N3O. The summed E-state index contributed by atoms with van der Waals surface area (Å²) in [7, 11) is 1.69. The van der Waals surface area contributed by atoms with E-state index >= 15 is 0 Å². The van der Waals surface area contributed by atoms with Gasteiger partial charge in [0.25, 0.3) is 0 Å². The van der Waals surface area contributed by atoms with Gasteiger partial charge < -0.3 is 10.5 Å². The predicted molar refractivity (Wildman–Crippen MR) is 67.1 cm³/mol. The van der Waals surface area contributed by atoms with Crippen LogP contribution in [0.15, 0.2) is 30.3 Å². The molecule has 1 aromatic heterocycles. The van der Waals surface area contributed by atoms with Crippen molar-refractivity contribution in [2.75, 3.05) is 0 Å². The van der Waals surface area contributed by atoms with Crippen LogP contribution in [0.5, 0.6) is 5.75 Å². The van der Waals surface area contributed by atoms with Gasteiger partial charge in [0.15, 0.2) is 0 Å². The van der Waals surface area contributed by atoms with Gasteiger partial charge in [-0.2, -0.15) is 5.10 Å². The molecule has 108 valence electrons. The average molecular weight is 285 g/mol. The van der Waals surface area contributed by atoms with Gasteiger partial charge >= 0.3 is 6.36 Å². The van der Waals surface area contributed by atoms with E-state index in [1.54, 1.807) is 30.8 Å². The summed E-state index contributed by atoms with van der Waals surface area (Å²) in [6.45, 7) is 1.79. The number of nitrogens with two attached hydrogens (primary N) is 1. The summed E-state index contributed by atoms with van der Waals surface area (Å²) in [6.07, 6.45) is -4.75. The number of benzene rings is 1. The SMILES string of the molecule is Cc1cc(C(N)c2ccccc2OC(F)(F)F)n(C)n1. The average Bonchev–Trinajstić information content (AvgIpc) is 2.66. The van der Waals surface area contributed by atoms with E-state index in [1.165, 1.54) is 18.2 Å². The Morgan fingerprint density at radius 1 is 1.30 bits per heavy atom. The highest BCUT2D eigenvalue weighted by Crippen LogP contribution is 2.32. The molecule has 0 aliphatic rings. The Bertz CT molecular complexity index is 607. The van der Waals surface area contributed by atoms with Gasteiger partial charge in [-0.15, -0.1) is 13.2 Å². The van der Waals surface area contributed by atoms with Crippen molar-refractivity contribution in [1.29, 1.82) is 0 Å². The lowest BCUT2D eigenvalue weighted by atomic mass is 10.0. The van der Waals surface area contributed by atoms with E-state index in [9.17, 15) is 13.2 Å². The lowest BCUT2D eigenvalue weighted by Crippen LogP contribution is -2.21. The maximum absolute atomic E-state index is 12.4. The third-order valence-corrected chi connectivity index (χ3v) is 2.84. The van der Waals surface area contributed by atoms with Gasteiger partial charge in [-0.25, -0.2) is 0 Å². The fourth-order valence-electron chi connectivity index (χ4n) is 2.04. The van der Waals surface area contributed by atoms with Crippen molar-refractivity contribution < 1.29 is 17.9 Å². The number of aromatic nitrogens is 2. The fourth-order valence-corrected chi connectivity index (χ4v) is 2.04. The van der Waals surface area contributed by atoms with Crippen LogP contribution < -0.4 is 10.5 Å². The lowest BCUT2D eigenvalue weighted by Gasteiger charge is -2.18. The summed E-state index contributed by atoms with van der Waals surface area (Å²) in [6, 6.07) is 6.81. The molecule has 1 atom stereocenters. The van der Waals surface area contributed by atoms with Gasteiger partial charge in [0, 0.05) is 12.6 Å². The number of hydrogen-bond donors (Lipinski definition) is 1. The Labute approximate surface area is 114 Å². The first-order valence-corrected chi connectivity index (χ1v) is 5.89. The molecule has 0 saturated heterocycles. The van der Waals surface area contributed by atoms with Crippen LogP contribution in [0.25, 0.3) is 0 Å². The summed E-state index contributed by atoms with van der Waals surface area (Å²) >= 11 is 0. The molecule has 7 heteroatoms. The topological polar surface area (TPSA) is 53.1 Å². The second-order valence-corrected chi connectivity index (χ2v) is 4.40. The molecule has 0 aliphatic carbocycles. The second-order valence-electron chi connectivity index (χ2n) is 4.40. The van der Waals surface area contributed by atoms with Crippen molar-refractivity contribution in [1.82, 2.24) is 9.78 Å². The number of ether oxygens (including phenoxy) is 1. The molecule has 0 fully saturated rings. The van der Waals surface area contributed by atoms with Crippen LogP contribution in [0.1, 0.15) is 23.0 Å². The molecule has 1 aromatic carbocycles. The third kappa shape index (κ3) is 3.11. The molecule has 0 amide bonds. The predicted octanol–water partition coefficient (Wildman–Crippen LogP) is 2.68. The lowest BCUT2D eigenvalue weighted by molar-refractivity contribution is -0.274. The Hall–Kier alpha value is -2.02. The molecule has 20 heavy (non-hydrogen) atoms. The standard InChI is InChI=1S/C13H14F3N3O/c1-8-7-10(19(2)18-8)12(17)9-5-3-4-6-11(9)20-13(14,15)16/h3-7,12H,17H2,1-2H3. The van der Waals surface area contributed by atoms with Gasteiger partial charge in [0.05, 0.1) is 17.4 Å². The summed E-state index contributed by atoms with van der Waals surface area (Å²) in [5.41, 5.74) is 7.65. The minimum absolute atomic E-state index is 0.257. The number of alkyl halides is 3. The van der Waals surface area contributed by atoms with Crippen LogP contribution in [0.2, 0.25) is 0 Å². The van der Waals surface area contributed by atoms with Crippen molar-refractivity contribution >= 4 is 0 Å². The highest BCUT2D eigenvalue weighted by Gasteiger charge is 2.33. The summed E-state index contributed by atoms with van der Waals surface area (Å²) in [5, 5.41) is 4.14. The first-order valence-electron chi connectivity index (χ1n) is 5.89. The van der Waals surface area contributed by atoms with Gasteiger partial charge in [-0.3, -0.25) is 4.68 Å². The molecule has 0 saturated carbocycles. The van der Waals surface area contributed by atoms with Crippen molar-refractivity contribution in [3.05, 3.63) is 47.3 Å². The largest absolute Gasteiger partial charge is 0.573 e. The molecule has 1 unspecified atom stereocenters. The minimum atomic E-state index is -4.75. The maximum Gasteiger partial charge on any atom is 0.573 e. The zero-order valence-electron chi connectivity index (χ0n) is 11.0. The number of para-hydroxylation sites is 1. The van der Waals surface area contributed by atoms with Crippen LogP contribution in [-0.2, 0) is 7.05 Å². The highest BCUT2D eigenvalue weighted by atomic mass is 19.4. The van der Waals surface area contributed by atoms with Crippen LogP contribution in [0, 0.1) is 6.92 Å². The number of nitrogens with zero attached hydrogens (tertiary/aromatic N) is 2. The molecule has 0 spiro atoms. The first-order chi connectivity index (χ1) is 9.28. The molecular weight excluding hydrogens is 271 g/mol. The van der Waals surface area contributed by atoms with Crippen molar-refractivity contribution in [2.45, 2.75) is 19.3 Å². The molecule has 0 radical (unpaired) electrons. The van der Waals surface area contributed by atoms with Gasteiger partial charge in [-0.05, 0) is 19.1 Å². The normalized spacial score (nSPS) is 13.3. The Morgan fingerprint density at radius 2 is 1.95 bits per heavy atom. The van der Waals surface area contributed by atoms with E-state index in [4.69, 9.17) is 5.73 Å². The van der Waals surface area contributed by atoms with E-state index in [0.717, 1.165) is 5.69 Å². The van der Waals surface area contributed by atoms with Crippen LogP contribution in [0.3, 0.4) is 0 Å². The monoisotopic (exact) mass is 285 g/mol. The smallest absolute Gasteiger partial charge is 0.405 e. The summed E-state index contributed by atoms with van der Waals surface area (Å²) < 4.78 is 42.7. The van der Waals surface area contributed by atoms with Crippen LogP contribution >= 0.6 is 0 Å². The third-order valence-electron chi connectivity index (χ3n) is 2.84. The van der Waals surface area contributed by atoms with Crippen molar-refractivity contribution in [2.24, 2.45) is 12.8 Å². The van der Waals surface area contributed by atoms with E-state index < -0.39 is 12.4 Å².